The fourth-order valence-corrected chi connectivity index (χ4v) is 5.10. The number of Topliss-reactive ketones (excluding diaryl/α,β-unsaturated/α-hetero) is 1. The minimum Gasteiger partial charge on any atom is -0.368 e. The molecule has 0 saturated heterocycles. The number of carbonyl (C=O) groups excluding carboxylic acids is 2. The molecule has 0 spiro atoms. The summed E-state index contributed by atoms with van der Waals surface area (Å²) in [6, 6.07) is 9.67. The zero-order chi connectivity index (χ0) is 15.7. The van der Waals surface area contributed by atoms with Crippen molar-refractivity contribution in [3.63, 3.8) is 0 Å². The second-order valence-corrected chi connectivity index (χ2v) is 7.39. The topological polar surface area (TPSA) is 83.9 Å². The molecule has 0 aromatic carbocycles. The fourth-order valence-electron chi connectivity index (χ4n) is 3.29. The van der Waals surface area contributed by atoms with Gasteiger partial charge in [0.15, 0.2) is 5.41 Å². The maximum Gasteiger partial charge on any atom is 0.239 e. The molecular weight excluding hydrogens is 316 g/mol. The molecule has 0 radical (unpaired) electrons. The van der Waals surface area contributed by atoms with Crippen LogP contribution < -0.4 is 5.73 Å². The highest BCUT2D eigenvalue weighted by molar-refractivity contribution is 7.10. The van der Waals surface area contributed by atoms with Crippen molar-refractivity contribution in [3.05, 3.63) is 44.8 Å². The Morgan fingerprint density at radius 1 is 1.18 bits per heavy atom. The van der Waals surface area contributed by atoms with Gasteiger partial charge in [-0.25, -0.2) is 0 Å². The van der Waals surface area contributed by atoms with Crippen LogP contribution in [-0.2, 0) is 9.59 Å². The third-order valence-electron chi connectivity index (χ3n) is 4.33. The van der Waals surface area contributed by atoms with E-state index < -0.39 is 23.2 Å². The average Bonchev–Trinajstić information content (AvgIpc) is 3.19. The lowest BCUT2D eigenvalue weighted by molar-refractivity contribution is -0.132. The van der Waals surface area contributed by atoms with Crippen LogP contribution in [0.5, 0.6) is 0 Å². The van der Waals surface area contributed by atoms with Gasteiger partial charge >= 0.3 is 0 Å². The molecule has 2 aromatic rings. The molecule has 2 atom stereocenters. The van der Waals surface area contributed by atoms with Gasteiger partial charge in [-0.15, -0.1) is 22.7 Å². The highest BCUT2D eigenvalue weighted by Crippen LogP contribution is 2.55. The van der Waals surface area contributed by atoms with Gasteiger partial charge in [-0.05, 0) is 22.9 Å². The third-order valence-corrected chi connectivity index (χ3v) is 6.30. The first-order valence-corrected chi connectivity index (χ1v) is 8.65. The smallest absolute Gasteiger partial charge is 0.239 e. The normalized spacial score (nSPS) is 28.2. The van der Waals surface area contributed by atoms with Crippen molar-refractivity contribution in [2.75, 3.05) is 0 Å². The molecule has 22 heavy (non-hydrogen) atoms. The van der Waals surface area contributed by atoms with Gasteiger partial charge in [0, 0.05) is 34.4 Å². The third kappa shape index (κ3) is 2.18. The van der Waals surface area contributed by atoms with Crippen LogP contribution in [0.15, 0.2) is 35.0 Å². The molecule has 3 rings (SSSR count). The molecule has 2 unspecified atom stereocenters. The van der Waals surface area contributed by atoms with E-state index in [9.17, 15) is 14.9 Å². The standard InChI is InChI=1S/C16H14N2O2S2/c17-9-16(15(18)20)11(13-3-1-5-21-13)7-10(19)8-12(16)14-4-2-6-22-14/h1-6,11-12H,7-8H2,(H2,18,20). The maximum atomic E-state index is 12.3. The second kappa shape index (κ2) is 5.67. The molecule has 2 N–H and O–H groups in total. The van der Waals surface area contributed by atoms with Crippen molar-refractivity contribution in [2.45, 2.75) is 24.7 Å². The lowest BCUT2D eigenvalue weighted by atomic mass is 9.59. The van der Waals surface area contributed by atoms with Crippen LogP contribution in [-0.4, -0.2) is 11.7 Å². The Hall–Kier alpha value is -1.97. The zero-order valence-corrected chi connectivity index (χ0v) is 13.3. The Morgan fingerprint density at radius 3 is 2.00 bits per heavy atom. The maximum absolute atomic E-state index is 12.3. The van der Waals surface area contributed by atoms with Gasteiger partial charge in [0.1, 0.15) is 5.78 Å². The first kappa shape index (κ1) is 14.9. The molecule has 1 aliphatic carbocycles. The Morgan fingerprint density at radius 2 is 1.68 bits per heavy atom. The van der Waals surface area contributed by atoms with Crippen LogP contribution >= 0.6 is 22.7 Å². The van der Waals surface area contributed by atoms with E-state index in [1.165, 1.54) is 22.7 Å². The van der Waals surface area contributed by atoms with Gasteiger partial charge in [0.25, 0.3) is 0 Å². The van der Waals surface area contributed by atoms with Crippen molar-refractivity contribution in [2.24, 2.45) is 11.1 Å². The lowest BCUT2D eigenvalue weighted by Crippen LogP contribution is -2.49. The van der Waals surface area contributed by atoms with Crippen LogP contribution in [0.3, 0.4) is 0 Å². The van der Waals surface area contributed by atoms with Crippen LogP contribution in [0.25, 0.3) is 0 Å². The van der Waals surface area contributed by atoms with E-state index in [0.717, 1.165) is 9.75 Å². The summed E-state index contributed by atoms with van der Waals surface area (Å²) in [7, 11) is 0. The van der Waals surface area contributed by atoms with Crippen molar-refractivity contribution in [1.82, 2.24) is 0 Å². The molecule has 4 nitrogen and oxygen atoms in total. The molecule has 0 bridgehead atoms. The summed E-state index contributed by atoms with van der Waals surface area (Å²) in [6.07, 6.45) is 0.387. The quantitative estimate of drug-likeness (QED) is 0.938. The molecule has 1 amide bonds. The van der Waals surface area contributed by atoms with E-state index in [-0.39, 0.29) is 18.6 Å². The Balaban J connectivity index is 2.18. The predicted molar refractivity (Wildman–Crippen MR) is 85.6 cm³/mol. The number of primary amides is 1. The van der Waals surface area contributed by atoms with Crippen LogP contribution in [0.2, 0.25) is 0 Å². The molecule has 1 aliphatic rings. The Bertz CT molecular complexity index is 683. The van der Waals surface area contributed by atoms with E-state index in [0.29, 0.717) is 0 Å². The van der Waals surface area contributed by atoms with Gasteiger partial charge in [-0.3, -0.25) is 9.59 Å². The van der Waals surface area contributed by atoms with Crippen molar-refractivity contribution >= 4 is 34.4 Å². The van der Waals surface area contributed by atoms with Crippen LogP contribution in [0.1, 0.15) is 34.4 Å². The zero-order valence-electron chi connectivity index (χ0n) is 11.7. The first-order valence-electron chi connectivity index (χ1n) is 6.89. The summed E-state index contributed by atoms with van der Waals surface area (Å²) in [5.74, 6) is -1.50. The molecule has 112 valence electrons. The number of amides is 1. The number of rotatable bonds is 3. The fraction of sp³-hybridized carbons (Fsp3) is 0.312. The van der Waals surface area contributed by atoms with Gasteiger partial charge in [-0.2, -0.15) is 5.26 Å². The van der Waals surface area contributed by atoms with Crippen molar-refractivity contribution in [1.29, 1.82) is 5.26 Å². The van der Waals surface area contributed by atoms with Crippen LogP contribution in [0, 0.1) is 16.7 Å². The number of nitrogens with two attached hydrogens (primary N) is 1. The highest BCUT2D eigenvalue weighted by atomic mass is 32.1. The predicted octanol–water partition coefficient (Wildman–Crippen LogP) is 3.04. The van der Waals surface area contributed by atoms with E-state index >= 15 is 0 Å². The molecule has 2 aromatic heterocycles. The molecular formula is C16H14N2O2S2. The van der Waals surface area contributed by atoms with E-state index in [2.05, 4.69) is 6.07 Å². The van der Waals surface area contributed by atoms with Crippen molar-refractivity contribution in [3.8, 4) is 6.07 Å². The van der Waals surface area contributed by atoms with Gasteiger partial charge in [0.05, 0.1) is 6.07 Å². The summed E-state index contributed by atoms with van der Waals surface area (Å²) in [6.45, 7) is 0. The number of hydrogen-bond acceptors (Lipinski definition) is 5. The number of carbonyl (C=O) groups is 2. The SMILES string of the molecule is N#CC1(C(N)=O)C(c2cccs2)CC(=O)CC1c1cccs1. The molecule has 0 aliphatic heterocycles. The summed E-state index contributed by atoms with van der Waals surface area (Å²) in [5, 5.41) is 13.7. The summed E-state index contributed by atoms with van der Waals surface area (Å²) >= 11 is 2.92. The number of hydrogen-bond donors (Lipinski definition) is 1. The summed E-state index contributed by atoms with van der Waals surface area (Å²) < 4.78 is 0. The number of ketones is 1. The summed E-state index contributed by atoms with van der Waals surface area (Å²) in [5.41, 5.74) is 4.32. The molecule has 6 heteroatoms. The Labute approximate surface area is 136 Å². The second-order valence-electron chi connectivity index (χ2n) is 5.43. The largest absolute Gasteiger partial charge is 0.368 e. The lowest BCUT2D eigenvalue weighted by Gasteiger charge is -2.41. The van der Waals surface area contributed by atoms with Crippen molar-refractivity contribution < 1.29 is 9.59 Å². The summed E-state index contributed by atoms with van der Waals surface area (Å²) in [4.78, 5) is 26.3. The Kier molecular flexibility index (Phi) is 3.85. The number of thiophene rings is 2. The first-order chi connectivity index (χ1) is 10.6. The van der Waals surface area contributed by atoms with Gasteiger partial charge < -0.3 is 5.73 Å². The van der Waals surface area contributed by atoms with E-state index in [4.69, 9.17) is 5.73 Å². The molecule has 1 fully saturated rings. The van der Waals surface area contributed by atoms with Crippen LogP contribution in [0.4, 0.5) is 0 Å². The monoisotopic (exact) mass is 330 g/mol. The minimum absolute atomic E-state index is 0.0731. The highest BCUT2D eigenvalue weighted by Gasteiger charge is 2.56. The number of nitrogens with zero attached hydrogens (tertiary/aromatic N) is 1. The molecule has 1 saturated carbocycles. The van der Waals surface area contributed by atoms with Gasteiger partial charge in [0.2, 0.25) is 5.91 Å². The average molecular weight is 330 g/mol. The van der Waals surface area contributed by atoms with E-state index in [1.807, 2.05) is 35.0 Å². The van der Waals surface area contributed by atoms with Gasteiger partial charge in [-0.1, -0.05) is 12.1 Å². The number of nitriles is 1. The van der Waals surface area contributed by atoms with E-state index in [1.54, 1.807) is 0 Å². The molecule has 2 heterocycles. The minimum atomic E-state index is -1.37.